The minimum absolute atomic E-state index is 0.265. The van der Waals surface area contributed by atoms with Gasteiger partial charge in [-0.3, -0.25) is 0 Å². The fraction of sp³-hybridized carbons (Fsp3) is 0.444. The third-order valence-corrected chi connectivity index (χ3v) is 1.80. The summed E-state index contributed by atoms with van der Waals surface area (Å²) in [5.74, 6) is -0.888. The van der Waals surface area contributed by atoms with Crippen LogP contribution >= 0.6 is 0 Å². The van der Waals surface area contributed by atoms with Gasteiger partial charge in [-0.05, 0) is 22.0 Å². The Morgan fingerprint density at radius 3 is 2.43 bits per heavy atom. The first-order valence-corrected chi connectivity index (χ1v) is 4.17. The number of aromatic nitrogens is 1. The van der Waals surface area contributed by atoms with E-state index in [0.29, 0.717) is 5.69 Å². The normalized spacial score (nSPS) is 11.4. The Kier molecular flexibility index (Phi) is 2.42. The maximum absolute atomic E-state index is 10.5. The topological polar surface area (TPSA) is 76.3 Å². The van der Waals surface area contributed by atoms with Gasteiger partial charge in [0.05, 0.1) is 0 Å². The molecule has 0 spiro atoms. The number of nitro groups is 1. The summed E-state index contributed by atoms with van der Waals surface area (Å²) < 4.78 is 0. The lowest BCUT2D eigenvalue weighted by Crippen LogP contribution is -2.14. The summed E-state index contributed by atoms with van der Waals surface area (Å²) in [7, 11) is 0. The van der Waals surface area contributed by atoms with Crippen molar-refractivity contribution in [3.05, 3.63) is 27.9 Å². The zero-order chi connectivity index (χ0) is 10.9. The van der Waals surface area contributed by atoms with Crippen molar-refractivity contribution >= 4 is 5.82 Å². The van der Waals surface area contributed by atoms with Crippen molar-refractivity contribution in [3.63, 3.8) is 0 Å². The largest absolute Gasteiger partial charge is 0.501 e. The molecule has 14 heavy (non-hydrogen) atoms. The molecule has 0 saturated carbocycles. The van der Waals surface area contributed by atoms with Crippen LogP contribution in [0.4, 0.5) is 5.82 Å². The molecule has 0 aliphatic carbocycles. The molecule has 5 nitrogen and oxygen atoms in total. The summed E-state index contributed by atoms with van der Waals surface area (Å²) in [5.41, 5.74) is 0.320. The zero-order valence-corrected chi connectivity index (χ0v) is 8.31. The van der Waals surface area contributed by atoms with E-state index in [2.05, 4.69) is 4.98 Å². The van der Waals surface area contributed by atoms with Crippen LogP contribution in [-0.2, 0) is 5.41 Å². The van der Waals surface area contributed by atoms with Crippen molar-refractivity contribution < 1.29 is 10.0 Å². The molecule has 0 aromatic carbocycles. The Morgan fingerprint density at radius 2 is 2.00 bits per heavy atom. The van der Waals surface area contributed by atoms with Gasteiger partial charge in [-0.2, -0.15) is 0 Å². The minimum atomic E-state index is -0.690. The fourth-order valence-electron chi connectivity index (χ4n) is 0.993. The van der Waals surface area contributed by atoms with Gasteiger partial charge in [-0.15, -0.1) is 0 Å². The minimum Gasteiger partial charge on any atom is -0.501 e. The van der Waals surface area contributed by atoms with E-state index in [1.807, 2.05) is 20.8 Å². The van der Waals surface area contributed by atoms with Crippen LogP contribution in [-0.4, -0.2) is 15.0 Å². The molecular weight excluding hydrogens is 184 g/mol. The summed E-state index contributed by atoms with van der Waals surface area (Å²) in [5, 5.41) is 19.7. The molecule has 0 atom stereocenters. The molecule has 0 radical (unpaired) electrons. The first-order chi connectivity index (χ1) is 6.32. The molecule has 0 saturated heterocycles. The SMILES string of the molecule is CC(C)(C)c1ccc(O)c([N+](=O)[O-])n1. The van der Waals surface area contributed by atoms with E-state index in [1.54, 1.807) is 6.07 Å². The van der Waals surface area contributed by atoms with Gasteiger partial charge in [0.1, 0.15) is 0 Å². The number of hydrogen-bond acceptors (Lipinski definition) is 4. The van der Waals surface area contributed by atoms with E-state index in [1.165, 1.54) is 6.07 Å². The van der Waals surface area contributed by atoms with E-state index in [0.717, 1.165) is 0 Å². The second-order valence-electron chi connectivity index (χ2n) is 4.05. The van der Waals surface area contributed by atoms with Crippen LogP contribution in [0.25, 0.3) is 0 Å². The highest BCUT2D eigenvalue weighted by Crippen LogP contribution is 2.28. The number of aromatic hydroxyl groups is 1. The standard InChI is InChI=1S/C9H12N2O3/c1-9(2,3)7-5-4-6(12)8(10-7)11(13)14/h4-5,12H,1-3H3. The van der Waals surface area contributed by atoms with Gasteiger partial charge >= 0.3 is 5.82 Å². The van der Waals surface area contributed by atoms with Gasteiger partial charge in [0, 0.05) is 5.41 Å². The maximum atomic E-state index is 10.5. The quantitative estimate of drug-likeness (QED) is 0.550. The number of pyridine rings is 1. The molecule has 1 heterocycles. The van der Waals surface area contributed by atoms with Gasteiger partial charge in [0.15, 0.2) is 5.69 Å². The van der Waals surface area contributed by atoms with Crippen LogP contribution in [0.3, 0.4) is 0 Å². The first-order valence-electron chi connectivity index (χ1n) is 4.17. The molecule has 0 unspecified atom stereocenters. The van der Waals surface area contributed by atoms with Crippen LogP contribution in [0.1, 0.15) is 26.5 Å². The van der Waals surface area contributed by atoms with Crippen LogP contribution in [0.5, 0.6) is 5.75 Å². The molecule has 0 aliphatic heterocycles. The van der Waals surface area contributed by atoms with E-state index < -0.39 is 16.5 Å². The lowest BCUT2D eigenvalue weighted by Gasteiger charge is -2.13. The van der Waals surface area contributed by atoms with Crippen LogP contribution in [0, 0.1) is 10.1 Å². The summed E-state index contributed by atoms with van der Waals surface area (Å²) >= 11 is 0. The van der Waals surface area contributed by atoms with Crippen LogP contribution < -0.4 is 0 Å². The Morgan fingerprint density at radius 1 is 1.43 bits per heavy atom. The summed E-state index contributed by atoms with van der Waals surface area (Å²) in [6.45, 7) is 5.70. The monoisotopic (exact) mass is 196 g/mol. The molecule has 1 aromatic heterocycles. The van der Waals surface area contributed by atoms with Gasteiger partial charge in [0.2, 0.25) is 5.75 Å². The predicted octanol–water partition coefficient (Wildman–Crippen LogP) is 1.99. The molecular formula is C9H12N2O3. The van der Waals surface area contributed by atoms with Gasteiger partial charge in [-0.1, -0.05) is 20.8 Å². The Hall–Kier alpha value is -1.65. The third-order valence-electron chi connectivity index (χ3n) is 1.80. The highest BCUT2D eigenvalue weighted by atomic mass is 16.6. The van der Waals surface area contributed by atoms with Crippen molar-refractivity contribution in [1.82, 2.24) is 4.98 Å². The zero-order valence-electron chi connectivity index (χ0n) is 8.31. The van der Waals surface area contributed by atoms with E-state index >= 15 is 0 Å². The molecule has 0 amide bonds. The average molecular weight is 196 g/mol. The highest BCUT2D eigenvalue weighted by molar-refractivity contribution is 5.40. The van der Waals surface area contributed by atoms with Crippen LogP contribution in [0.15, 0.2) is 12.1 Å². The Balaban J connectivity index is 3.27. The molecule has 0 aliphatic rings. The number of hydrogen-bond donors (Lipinski definition) is 1. The second kappa shape index (κ2) is 3.25. The van der Waals surface area contributed by atoms with Crippen molar-refractivity contribution in [1.29, 1.82) is 0 Å². The number of rotatable bonds is 1. The predicted molar refractivity (Wildman–Crippen MR) is 51.3 cm³/mol. The van der Waals surface area contributed by atoms with Gasteiger partial charge < -0.3 is 15.2 Å². The van der Waals surface area contributed by atoms with E-state index in [4.69, 9.17) is 5.11 Å². The summed E-state index contributed by atoms with van der Waals surface area (Å²) in [4.78, 5) is 13.6. The van der Waals surface area contributed by atoms with Crippen molar-refractivity contribution in [2.75, 3.05) is 0 Å². The Bertz CT molecular complexity index is 369. The maximum Gasteiger partial charge on any atom is 0.406 e. The average Bonchev–Trinajstić information content (AvgIpc) is 2.02. The lowest BCUT2D eigenvalue weighted by atomic mass is 9.92. The highest BCUT2D eigenvalue weighted by Gasteiger charge is 2.24. The lowest BCUT2D eigenvalue weighted by molar-refractivity contribution is -0.390. The molecule has 1 N–H and O–H groups in total. The van der Waals surface area contributed by atoms with Gasteiger partial charge in [0.25, 0.3) is 0 Å². The van der Waals surface area contributed by atoms with Crippen LogP contribution in [0.2, 0.25) is 0 Å². The molecule has 76 valence electrons. The third kappa shape index (κ3) is 1.99. The molecule has 0 bridgehead atoms. The second-order valence-corrected chi connectivity index (χ2v) is 4.05. The molecule has 0 fully saturated rings. The summed E-state index contributed by atoms with van der Waals surface area (Å²) in [6.07, 6.45) is 0. The molecule has 5 heteroatoms. The number of nitrogens with zero attached hydrogens (tertiary/aromatic N) is 2. The molecule has 1 aromatic rings. The van der Waals surface area contributed by atoms with Crippen molar-refractivity contribution in [3.8, 4) is 5.75 Å². The smallest absolute Gasteiger partial charge is 0.406 e. The summed E-state index contributed by atoms with van der Waals surface area (Å²) in [6, 6.07) is 2.88. The van der Waals surface area contributed by atoms with Gasteiger partial charge in [-0.25, -0.2) is 0 Å². The molecule has 1 rings (SSSR count). The van der Waals surface area contributed by atoms with Crippen molar-refractivity contribution in [2.45, 2.75) is 26.2 Å². The fourth-order valence-corrected chi connectivity index (χ4v) is 0.993. The van der Waals surface area contributed by atoms with Crippen molar-refractivity contribution in [2.24, 2.45) is 0 Å². The first kappa shape index (κ1) is 10.4. The Labute approximate surface area is 81.6 Å². The van der Waals surface area contributed by atoms with E-state index in [9.17, 15) is 10.1 Å². The van der Waals surface area contributed by atoms with E-state index in [-0.39, 0.29) is 5.41 Å².